The first-order valence-corrected chi connectivity index (χ1v) is 9.28. The predicted molar refractivity (Wildman–Crippen MR) is 86.4 cm³/mol. The molecule has 120 valence electrons. The highest BCUT2D eigenvalue weighted by atomic mass is 16.1. The Morgan fingerprint density at radius 3 is 2.19 bits per heavy atom. The van der Waals surface area contributed by atoms with Gasteiger partial charge in [0, 0.05) is 44.7 Å². The van der Waals surface area contributed by atoms with Gasteiger partial charge < -0.3 is 9.69 Å². The zero-order chi connectivity index (χ0) is 14.5. The SMILES string of the molecule is O=CC1CCCCC1N1CCN(CC2CCCCC2)CC1. The monoisotopic (exact) mass is 292 g/mol. The van der Waals surface area contributed by atoms with Crippen LogP contribution in [0.1, 0.15) is 57.8 Å². The van der Waals surface area contributed by atoms with Crippen LogP contribution in [0.4, 0.5) is 0 Å². The van der Waals surface area contributed by atoms with Crippen molar-refractivity contribution >= 4 is 6.29 Å². The number of carbonyl (C=O) groups excluding carboxylic acids is 1. The molecule has 2 aliphatic carbocycles. The van der Waals surface area contributed by atoms with Crippen LogP contribution in [0, 0.1) is 11.8 Å². The Balaban J connectivity index is 1.44. The second-order valence-electron chi connectivity index (χ2n) is 7.49. The van der Waals surface area contributed by atoms with E-state index in [0.717, 1.165) is 12.3 Å². The standard InChI is InChI=1S/C18H32N2O/c21-15-17-8-4-5-9-18(17)20-12-10-19(11-13-20)14-16-6-2-1-3-7-16/h15-18H,1-14H2. The van der Waals surface area contributed by atoms with E-state index in [-0.39, 0.29) is 0 Å². The lowest BCUT2D eigenvalue weighted by Gasteiger charge is -2.43. The molecule has 0 aromatic carbocycles. The van der Waals surface area contributed by atoms with E-state index in [4.69, 9.17) is 0 Å². The molecule has 2 atom stereocenters. The topological polar surface area (TPSA) is 23.6 Å². The summed E-state index contributed by atoms with van der Waals surface area (Å²) in [4.78, 5) is 16.6. The summed E-state index contributed by atoms with van der Waals surface area (Å²) in [5, 5.41) is 0. The van der Waals surface area contributed by atoms with Crippen molar-refractivity contribution in [1.82, 2.24) is 9.80 Å². The minimum atomic E-state index is 0.309. The molecule has 3 fully saturated rings. The number of piperazine rings is 1. The Labute approximate surface area is 130 Å². The van der Waals surface area contributed by atoms with Gasteiger partial charge in [-0.2, -0.15) is 0 Å². The van der Waals surface area contributed by atoms with Crippen LogP contribution in [-0.4, -0.2) is 54.9 Å². The van der Waals surface area contributed by atoms with Gasteiger partial charge >= 0.3 is 0 Å². The van der Waals surface area contributed by atoms with E-state index in [1.165, 1.54) is 90.4 Å². The lowest BCUT2D eigenvalue weighted by Crippen LogP contribution is -2.54. The summed E-state index contributed by atoms with van der Waals surface area (Å²) >= 11 is 0. The lowest BCUT2D eigenvalue weighted by atomic mass is 9.84. The minimum Gasteiger partial charge on any atom is -0.303 e. The lowest BCUT2D eigenvalue weighted by molar-refractivity contribution is -0.114. The number of hydrogen-bond acceptors (Lipinski definition) is 3. The summed E-state index contributed by atoms with van der Waals surface area (Å²) in [6, 6.07) is 0.549. The van der Waals surface area contributed by atoms with Crippen LogP contribution in [0.15, 0.2) is 0 Å². The van der Waals surface area contributed by atoms with Crippen molar-refractivity contribution in [1.29, 1.82) is 0 Å². The molecule has 21 heavy (non-hydrogen) atoms. The number of aldehydes is 1. The van der Waals surface area contributed by atoms with E-state index in [2.05, 4.69) is 9.80 Å². The van der Waals surface area contributed by atoms with Crippen LogP contribution in [0.3, 0.4) is 0 Å². The van der Waals surface area contributed by atoms with Crippen LogP contribution in [-0.2, 0) is 4.79 Å². The molecular weight excluding hydrogens is 260 g/mol. The molecule has 0 N–H and O–H groups in total. The highest BCUT2D eigenvalue weighted by Gasteiger charge is 2.32. The smallest absolute Gasteiger partial charge is 0.124 e. The van der Waals surface area contributed by atoms with Gasteiger partial charge in [0.15, 0.2) is 0 Å². The summed E-state index contributed by atoms with van der Waals surface area (Å²) in [6.07, 6.45) is 13.4. The van der Waals surface area contributed by atoms with Gasteiger partial charge in [0.05, 0.1) is 0 Å². The normalized spacial score (nSPS) is 33.9. The number of nitrogens with zero attached hydrogens (tertiary/aromatic N) is 2. The maximum Gasteiger partial charge on any atom is 0.124 e. The van der Waals surface area contributed by atoms with Crippen LogP contribution in [0.25, 0.3) is 0 Å². The molecule has 0 aromatic heterocycles. The predicted octanol–water partition coefficient (Wildman–Crippen LogP) is 2.94. The highest BCUT2D eigenvalue weighted by Crippen LogP contribution is 2.29. The van der Waals surface area contributed by atoms with E-state index in [0.29, 0.717) is 12.0 Å². The van der Waals surface area contributed by atoms with E-state index >= 15 is 0 Å². The molecule has 2 unspecified atom stereocenters. The van der Waals surface area contributed by atoms with Gasteiger partial charge in [0.2, 0.25) is 0 Å². The van der Waals surface area contributed by atoms with Crippen LogP contribution in [0.2, 0.25) is 0 Å². The van der Waals surface area contributed by atoms with Crippen molar-refractivity contribution in [2.45, 2.75) is 63.8 Å². The van der Waals surface area contributed by atoms with Crippen LogP contribution in [0.5, 0.6) is 0 Å². The fourth-order valence-corrected chi connectivity index (χ4v) is 4.76. The summed E-state index contributed by atoms with van der Waals surface area (Å²) < 4.78 is 0. The Kier molecular flexibility index (Phi) is 5.70. The van der Waals surface area contributed by atoms with Gasteiger partial charge in [-0.3, -0.25) is 4.90 Å². The van der Waals surface area contributed by atoms with Crippen molar-refractivity contribution < 1.29 is 4.79 Å². The number of rotatable bonds is 4. The first-order valence-electron chi connectivity index (χ1n) is 9.28. The fourth-order valence-electron chi connectivity index (χ4n) is 4.76. The third-order valence-corrected chi connectivity index (χ3v) is 6.07. The van der Waals surface area contributed by atoms with Crippen LogP contribution < -0.4 is 0 Å². The molecule has 0 bridgehead atoms. The maximum atomic E-state index is 11.3. The Morgan fingerprint density at radius 1 is 0.810 bits per heavy atom. The highest BCUT2D eigenvalue weighted by molar-refractivity contribution is 5.55. The fraction of sp³-hybridized carbons (Fsp3) is 0.944. The Morgan fingerprint density at radius 2 is 1.48 bits per heavy atom. The first kappa shape index (κ1) is 15.5. The second kappa shape index (κ2) is 7.73. The van der Waals surface area contributed by atoms with E-state index in [1.54, 1.807) is 0 Å². The van der Waals surface area contributed by atoms with E-state index in [9.17, 15) is 4.79 Å². The van der Waals surface area contributed by atoms with Gasteiger partial charge in [-0.1, -0.05) is 32.1 Å². The zero-order valence-corrected chi connectivity index (χ0v) is 13.5. The molecular formula is C18H32N2O. The van der Waals surface area contributed by atoms with Gasteiger partial charge in [-0.15, -0.1) is 0 Å². The van der Waals surface area contributed by atoms with E-state index in [1.807, 2.05) is 0 Å². The molecule has 0 amide bonds. The van der Waals surface area contributed by atoms with Crippen LogP contribution >= 0.6 is 0 Å². The Hall–Kier alpha value is -0.410. The second-order valence-corrected chi connectivity index (χ2v) is 7.49. The third-order valence-electron chi connectivity index (χ3n) is 6.07. The average molecular weight is 292 g/mol. The summed E-state index contributed by atoms with van der Waals surface area (Å²) in [5.74, 6) is 1.27. The summed E-state index contributed by atoms with van der Waals surface area (Å²) in [5.41, 5.74) is 0. The van der Waals surface area contributed by atoms with Gasteiger partial charge in [0.1, 0.15) is 6.29 Å². The number of hydrogen-bond donors (Lipinski definition) is 0. The van der Waals surface area contributed by atoms with Crippen molar-refractivity contribution in [3.8, 4) is 0 Å². The largest absolute Gasteiger partial charge is 0.303 e. The molecule has 3 rings (SSSR count). The quantitative estimate of drug-likeness (QED) is 0.744. The minimum absolute atomic E-state index is 0.309. The van der Waals surface area contributed by atoms with E-state index < -0.39 is 0 Å². The molecule has 3 aliphatic rings. The molecule has 1 saturated heterocycles. The first-order chi connectivity index (χ1) is 10.4. The number of carbonyl (C=O) groups is 1. The summed E-state index contributed by atoms with van der Waals surface area (Å²) in [7, 11) is 0. The van der Waals surface area contributed by atoms with Gasteiger partial charge in [-0.25, -0.2) is 0 Å². The molecule has 3 nitrogen and oxygen atoms in total. The van der Waals surface area contributed by atoms with Crippen molar-refractivity contribution in [3.05, 3.63) is 0 Å². The summed E-state index contributed by atoms with van der Waals surface area (Å²) in [6.45, 7) is 6.14. The van der Waals surface area contributed by atoms with Crippen molar-refractivity contribution in [3.63, 3.8) is 0 Å². The molecule has 2 saturated carbocycles. The average Bonchev–Trinajstić information content (AvgIpc) is 2.56. The molecule has 1 aliphatic heterocycles. The molecule has 0 aromatic rings. The van der Waals surface area contributed by atoms with Gasteiger partial charge in [0.25, 0.3) is 0 Å². The molecule has 1 heterocycles. The third kappa shape index (κ3) is 4.07. The molecule has 0 radical (unpaired) electrons. The maximum absolute atomic E-state index is 11.3. The molecule has 3 heteroatoms. The Bertz CT molecular complexity index is 319. The van der Waals surface area contributed by atoms with Crippen molar-refractivity contribution in [2.75, 3.05) is 32.7 Å². The zero-order valence-electron chi connectivity index (χ0n) is 13.5. The van der Waals surface area contributed by atoms with Crippen molar-refractivity contribution in [2.24, 2.45) is 11.8 Å². The molecule has 0 spiro atoms. The van der Waals surface area contributed by atoms with Gasteiger partial charge in [-0.05, 0) is 31.6 Å².